The molecule has 1 aliphatic rings. The number of aryl methyl sites for hydroxylation is 2. The lowest BCUT2D eigenvalue weighted by atomic mass is 10.1. The summed E-state index contributed by atoms with van der Waals surface area (Å²) < 4.78 is 17.5. The highest BCUT2D eigenvalue weighted by Gasteiger charge is 2.47. The molecule has 6 aromatic heterocycles. The Hall–Kier alpha value is -5.46. The Morgan fingerprint density at radius 2 is 1.29 bits per heavy atom. The first kappa shape index (κ1) is 24.6. The molecule has 41 heavy (non-hydrogen) atoms. The van der Waals surface area contributed by atoms with Crippen molar-refractivity contribution in [2.75, 3.05) is 16.4 Å². The van der Waals surface area contributed by atoms with Crippen LogP contribution in [0.25, 0.3) is 44.1 Å². The molecule has 0 aromatic carbocycles. The van der Waals surface area contributed by atoms with Gasteiger partial charge in [-0.15, -0.1) is 0 Å². The molecule has 13 heteroatoms. The summed E-state index contributed by atoms with van der Waals surface area (Å²) in [6.45, 7) is 0. The molecule has 0 spiro atoms. The summed E-state index contributed by atoms with van der Waals surface area (Å²) in [4.78, 5) is 33.0. The van der Waals surface area contributed by atoms with Crippen LogP contribution in [0, 0.1) is 5.92 Å². The zero-order valence-electron chi connectivity index (χ0n) is 22.1. The van der Waals surface area contributed by atoms with Gasteiger partial charge >= 0.3 is 0 Å². The zero-order chi connectivity index (χ0) is 28.4. The van der Waals surface area contributed by atoms with Gasteiger partial charge < -0.3 is 11.5 Å². The van der Waals surface area contributed by atoms with Crippen LogP contribution in [-0.2, 0) is 18.9 Å². The maximum atomic E-state index is 14.2. The summed E-state index contributed by atoms with van der Waals surface area (Å²) in [7, 11) is 3.63. The van der Waals surface area contributed by atoms with Gasteiger partial charge in [0.25, 0.3) is 0 Å². The Morgan fingerprint density at radius 1 is 0.829 bits per heavy atom. The lowest BCUT2D eigenvalue weighted by molar-refractivity contribution is -0.119. The van der Waals surface area contributed by atoms with Crippen molar-refractivity contribution < 1.29 is 9.18 Å². The van der Waals surface area contributed by atoms with Crippen molar-refractivity contribution in [3.63, 3.8) is 0 Å². The quantitative estimate of drug-likeness (QED) is 0.328. The molecule has 12 nitrogen and oxygen atoms in total. The van der Waals surface area contributed by atoms with Crippen molar-refractivity contribution in [1.29, 1.82) is 0 Å². The minimum absolute atomic E-state index is 0.153. The van der Waals surface area contributed by atoms with Gasteiger partial charge in [0.1, 0.15) is 29.4 Å². The van der Waals surface area contributed by atoms with E-state index in [9.17, 15) is 9.18 Å². The van der Waals surface area contributed by atoms with Crippen LogP contribution in [0.2, 0.25) is 0 Å². The molecule has 6 aromatic rings. The number of fused-ring (bicyclic) bond motifs is 2. The van der Waals surface area contributed by atoms with E-state index in [1.54, 1.807) is 46.3 Å². The van der Waals surface area contributed by atoms with Crippen LogP contribution >= 0.6 is 0 Å². The Morgan fingerprint density at radius 3 is 1.68 bits per heavy atom. The Labute approximate surface area is 232 Å². The van der Waals surface area contributed by atoms with E-state index in [4.69, 9.17) is 11.5 Å². The molecule has 0 bridgehead atoms. The highest BCUT2D eigenvalue weighted by molar-refractivity contribution is 6.05. The molecule has 1 amide bonds. The molecule has 0 aliphatic heterocycles. The van der Waals surface area contributed by atoms with Crippen LogP contribution in [-0.4, -0.2) is 51.6 Å². The van der Waals surface area contributed by atoms with Crippen LogP contribution < -0.4 is 16.4 Å². The van der Waals surface area contributed by atoms with E-state index in [1.807, 2.05) is 38.6 Å². The van der Waals surface area contributed by atoms with E-state index >= 15 is 0 Å². The number of halogens is 1. The van der Waals surface area contributed by atoms with Crippen molar-refractivity contribution in [3.05, 3.63) is 61.4 Å². The summed E-state index contributed by atoms with van der Waals surface area (Å²) in [6, 6.07) is 7.17. The Bertz CT molecular complexity index is 1870. The van der Waals surface area contributed by atoms with Crippen LogP contribution in [0.4, 0.5) is 27.7 Å². The number of nitrogen functional groups attached to an aromatic ring is 2. The van der Waals surface area contributed by atoms with E-state index < -0.39 is 18.0 Å². The number of carbonyl (C=O) groups is 1. The standard InChI is InChI=1S/C28H24FN11O/c1-38-12-16(8-34-38)22-3-14-5-24(32-10-19(14)26(30)36-22)40(28(41)18-7-21(18)29)25-6-15-4-23(17-9-35-39(2)13-17)37-27(31)20(15)11-33-25/h3-6,8-13,18,21H,7H2,1-2H3,(H2,30,36)(H2,31,37). The molecule has 4 N–H and O–H groups in total. The molecule has 204 valence electrons. The minimum atomic E-state index is -1.21. The van der Waals surface area contributed by atoms with E-state index in [1.165, 1.54) is 4.90 Å². The number of carbonyl (C=O) groups excluding carboxylic acids is 1. The number of anilines is 4. The highest BCUT2D eigenvalue weighted by atomic mass is 19.1. The van der Waals surface area contributed by atoms with Gasteiger partial charge in [0, 0.05) is 60.8 Å². The number of pyridine rings is 4. The lowest BCUT2D eigenvalue weighted by Crippen LogP contribution is -2.29. The Kier molecular flexibility index (Phi) is 5.42. The molecule has 1 fully saturated rings. The molecule has 6 heterocycles. The van der Waals surface area contributed by atoms with Crippen molar-refractivity contribution in [3.8, 4) is 22.5 Å². The molecule has 1 aliphatic carbocycles. The van der Waals surface area contributed by atoms with Gasteiger partial charge in [0.05, 0.1) is 29.7 Å². The summed E-state index contributed by atoms with van der Waals surface area (Å²) in [5.74, 6) is -0.0541. The molecule has 2 unspecified atom stereocenters. The van der Waals surface area contributed by atoms with E-state index in [0.717, 1.165) is 11.1 Å². The third kappa shape index (κ3) is 4.27. The van der Waals surface area contributed by atoms with Gasteiger partial charge in [-0.1, -0.05) is 0 Å². The fourth-order valence-corrected chi connectivity index (χ4v) is 4.90. The molecule has 0 radical (unpaired) electrons. The summed E-state index contributed by atoms with van der Waals surface area (Å²) >= 11 is 0. The first-order valence-electron chi connectivity index (χ1n) is 12.8. The van der Waals surface area contributed by atoms with Crippen molar-refractivity contribution in [1.82, 2.24) is 39.5 Å². The number of nitrogens with two attached hydrogens (primary N) is 2. The number of aromatic nitrogens is 8. The lowest BCUT2D eigenvalue weighted by Gasteiger charge is -2.22. The van der Waals surface area contributed by atoms with Crippen LogP contribution in [0.3, 0.4) is 0 Å². The third-order valence-electron chi connectivity index (χ3n) is 7.17. The van der Waals surface area contributed by atoms with E-state index in [-0.39, 0.29) is 18.1 Å². The van der Waals surface area contributed by atoms with Crippen molar-refractivity contribution in [2.45, 2.75) is 12.6 Å². The molecule has 1 saturated carbocycles. The number of hydrogen-bond donors (Lipinski definition) is 2. The van der Waals surface area contributed by atoms with Gasteiger partial charge in [-0.2, -0.15) is 10.2 Å². The summed E-state index contributed by atoms with van der Waals surface area (Å²) in [5, 5.41) is 11.1. The maximum Gasteiger partial charge on any atom is 0.240 e. The molecular formula is C28H24FN11O. The molecular weight excluding hydrogens is 525 g/mol. The number of nitrogens with zero attached hydrogens (tertiary/aromatic N) is 9. The molecule has 2 atom stereocenters. The number of rotatable bonds is 5. The summed E-state index contributed by atoms with van der Waals surface area (Å²) in [5.41, 5.74) is 15.4. The van der Waals surface area contributed by atoms with Crippen LogP contribution in [0.5, 0.6) is 0 Å². The summed E-state index contributed by atoms with van der Waals surface area (Å²) in [6.07, 6.45) is 9.12. The fourth-order valence-electron chi connectivity index (χ4n) is 4.90. The van der Waals surface area contributed by atoms with Gasteiger partial charge in [0.2, 0.25) is 5.91 Å². The number of hydrogen-bond acceptors (Lipinski definition) is 9. The fraction of sp³-hybridized carbons (Fsp3) is 0.179. The number of amides is 1. The topological polar surface area (TPSA) is 160 Å². The number of alkyl halides is 1. The van der Waals surface area contributed by atoms with E-state index in [0.29, 0.717) is 44.6 Å². The average molecular weight is 550 g/mol. The molecule has 7 rings (SSSR count). The van der Waals surface area contributed by atoms with Gasteiger partial charge in [0.15, 0.2) is 0 Å². The van der Waals surface area contributed by atoms with Crippen molar-refractivity contribution >= 4 is 50.7 Å². The van der Waals surface area contributed by atoms with Gasteiger partial charge in [-0.3, -0.25) is 14.2 Å². The third-order valence-corrected chi connectivity index (χ3v) is 7.17. The first-order valence-corrected chi connectivity index (χ1v) is 12.8. The SMILES string of the molecule is Cn1cc(-c2cc3cc(N(C(=O)C4CC4F)c4cc5cc(-c6cnn(C)c6)nc(N)c5cn4)ncc3c(N)n2)cn1. The van der Waals surface area contributed by atoms with Gasteiger partial charge in [-0.05, 0) is 41.5 Å². The van der Waals surface area contributed by atoms with Crippen molar-refractivity contribution in [2.24, 2.45) is 20.0 Å². The smallest absolute Gasteiger partial charge is 0.240 e. The predicted octanol–water partition coefficient (Wildman–Crippen LogP) is 3.56. The largest absolute Gasteiger partial charge is 0.383 e. The predicted molar refractivity (Wildman–Crippen MR) is 152 cm³/mol. The van der Waals surface area contributed by atoms with Gasteiger partial charge in [-0.25, -0.2) is 29.2 Å². The normalized spacial score (nSPS) is 16.4. The Balaban J connectivity index is 1.37. The van der Waals surface area contributed by atoms with E-state index in [2.05, 4.69) is 30.1 Å². The van der Waals surface area contributed by atoms with Crippen LogP contribution in [0.15, 0.2) is 61.4 Å². The monoisotopic (exact) mass is 549 g/mol. The second kappa shape index (κ2) is 9.05. The maximum absolute atomic E-state index is 14.2. The highest BCUT2D eigenvalue weighted by Crippen LogP contribution is 2.40. The van der Waals surface area contributed by atoms with Crippen LogP contribution in [0.1, 0.15) is 6.42 Å². The molecule has 0 saturated heterocycles. The second-order valence-corrected chi connectivity index (χ2v) is 10.1. The zero-order valence-corrected chi connectivity index (χ0v) is 22.1. The minimum Gasteiger partial charge on any atom is -0.383 e. The first-order chi connectivity index (χ1) is 19.7. The second-order valence-electron chi connectivity index (χ2n) is 10.1. The average Bonchev–Trinajstić information content (AvgIpc) is 3.28.